The molecule has 1 heterocycles. The van der Waals surface area contributed by atoms with Gasteiger partial charge in [-0.05, 0) is 18.2 Å². The van der Waals surface area contributed by atoms with Crippen molar-refractivity contribution in [3.8, 4) is 5.75 Å². The molecular weight excluding hydrogens is 398 g/mol. The molecule has 3 rings (SSSR count). The van der Waals surface area contributed by atoms with Gasteiger partial charge in [-0.3, -0.25) is 14.4 Å². The average molecular weight is 425 g/mol. The van der Waals surface area contributed by atoms with Crippen LogP contribution in [0.3, 0.4) is 0 Å². The van der Waals surface area contributed by atoms with E-state index in [1.165, 1.54) is 11.9 Å². The van der Waals surface area contributed by atoms with E-state index in [1.54, 1.807) is 30.2 Å². The Bertz CT molecular complexity index is 918. The van der Waals surface area contributed by atoms with Gasteiger partial charge in [0, 0.05) is 32.7 Å². The van der Waals surface area contributed by atoms with E-state index in [2.05, 4.69) is 5.32 Å². The summed E-state index contributed by atoms with van der Waals surface area (Å²) in [6, 6.07) is 16.4. The lowest BCUT2D eigenvalue weighted by atomic mass is 10.1. The lowest BCUT2D eigenvalue weighted by Gasteiger charge is -2.27. The van der Waals surface area contributed by atoms with Gasteiger partial charge < -0.3 is 24.6 Å². The number of methoxy groups -OCH3 is 1. The summed E-state index contributed by atoms with van der Waals surface area (Å²) in [7, 11) is 3.09. The predicted molar refractivity (Wildman–Crippen MR) is 116 cm³/mol. The van der Waals surface area contributed by atoms with E-state index < -0.39 is 6.10 Å². The molecule has 1 aliphatic heterocycles. The summed E-state index contributed by atoms with van der Waals surface area (Å²) in [6.07, 6.45) is -0.381. The third kappa shape index (κ3) is 5.61. The second-order valence-electron chi connectivity index (χ2n) is 7.13. The van der Waals surface area contributed by atoms with Gasteiger partial charge in [-0.25, -0.2) is 0 Å². The first-order chi connectivity index (χ1) is 15.0. The van der Waals surface area contributed by atoms with Crippen LogP contribution in [0.15, 0.2) is 54.6 Å². The van der Waals surface area contributed by atoms with Gasteiger partial charge in [0.25, 0.3) is 5.91 Å². The van der Waals surface area contributed by atoms with Gasteiger partial charge in [-0.2, -0.15) is 0 Å². The van der Waals surface area contributed by atoms with E-state index in [1.807, 2.05) is 36.4 Å². The fourth-order valence-electron chi connectivity index (χ4n) is 3.47. The number of para-hydroxylation sites is 2. The molecule has 2 aromatic rings. The van der Waals surface area contributed by atoms with E-state index in [-0.39, 0.29) is 50.4 Å². The molecule has 0 aliphatic carbocycles. The zero-order valence-electron chi connectivity index (χ0n) is 17.7. The Kier molecular flexibility index (Phi) is 7.61. The summed E-state index contributed by atoms with van der Waals surface area (Å²) < 4.78 is 11.3. The van der Waals surface area contributed by atoms with Crippen molar-refractivity contribution >= 4 is 23.4 Å². The molecule has 1 atom stereocenters. The summed E-state index contributed by atoms with van der Waals surface area (Å²) >= 11 is 0. The second-order valence-corrected chi connectivity index (χ2v) is 7.13. The maximum atomic E-state index is 13.0. The number of hydrogen-bond acceptors (Lipinski definition) is 5. The largest absolute Gasteiger partial charge is 0.484 e. The SMILES string of the molecule is CNC(=O)CN1C(=O)CCN(C(=O)COc2ccccc2)CC(OC)c2ccccc21. The zero-order chi connectivity index (χ0) is 22.2. The molecule has 1 N–H and O–H groups in total. The van der Waals surface area contributed by atoms with Crippen molar-refractivity contribution in [2.75, 3.05) is 45.3 Å². The fourth-order valence-corrected chi connectivity index (χ4v) is 3.47. The minimum atomic E-state index is -0.463. The number of ether oxygens (including phenoxy) is 2. The third-order valence-corrected chi connectivity index (χ3v) is 5.18. The molecule has 0 radical (unpaired) electrons. The minimum Gasteiger partial charge on any atom is -0.484 e. The van der Waals surface area contributed by atoms with Crippen LogP contribution in [0.25, 0.3) is 0 Å². The smallest absolute Gasteiger partial charge is 0.260 e. The Labute approximate surface area is 181 Å². The lowest BCUT2D eigenvalue weighted by Crippen LogP contribution is -2.42. The summed E-state index contributed by atoms with van der Waals surface area (Å²) in [5, 5.41) is 2.55. The molecule has 0 fully saturated rings. The van der Waals surface area contributed by atoms with Gasteiger partial charge in [0.2, 0.25) is 11.8 Å². The van der Waals surface area contributed by atoms with Crippen molar-refractivity contribution in [3.63, 3.8) is 0 Å². The number of nitrogens with one attached hydrogen (secondary N) is 1. The average Bonchev–Trinajstić information content (AvgIpc) is 2.86. The molecule has 164 valence electrons. The highest BCUT2D eigenvalue weighted by molar-refractivity contribution is 5.99. The van der Waals surface area contributed by atoms with Crippen molar-refractivity contribution in [2.24, 2.45) is 0 Å². The maximum Gasteiger partial charge on any atom is 0.260 e. The summed E-state index contributed by atoms with van der Waals surface area (Å²) in [4.78, 5) is 41.0. The molecule has 0 saturated carbocycles. The Hall–Kier alpha value is -3.39. The standard InChI is InChI=1S/C23H27N3O5/c1-24-21(27)15-26-19-11-7-6-10-18(19)20(30-2)14-25(13-12-22(26)28)23(29)16-31-17-8-4-3-5-9-17/h3-11,20H,12-16H2,1-2H3,(H,24,27). The molecule has 1 unspecified atom stereocenters. The van der Waals surface area contributed by atoms with Crippen LogP contribution in [0.5, 0.6) is 5.75 Å². The molecule has 0 spiro atoms. The van der Waals surface area contributed by atoms with E-state index in [0.29, 0.717) is 11.4 Å². The normalized spacial score (nSPS) is 16.6. The molecule has 0 aromatic heterocycles. The van der Waals surface area contributed by atoms with Crippen LogP contribution >= 0.6 is 0 Å². The molecule has 0 saturated heterocycles. The van der Waals surface area contributed by atoms with Crippen LogP contribution in [0.2, 0.25) is 0 Å². The first-order valence-corrected chi connectivity index (χ1v) is 10.1. The van der Waals surface area contributed by atoms with Crippen molar-refractivity contribution in [1.82, 2.24) is 10.2 Å². The highest BCUT2D eigenvalue weighted by Gasteiger charge is 2.30. The van der Waals surface area contributed by atoms with Crippen LogP contribution in [0.1, 0.15) is 18.1 Å². The van der Waals surface area contributed by atoms with Gasteiger partial charge in [-0.15, -0.1) is 0 Å². The molecule has 3 amide bonds. The number of nitrogens with zero attached hydrogens (tertiary/aromatic N) is 2. The van der Waals surface area contributed by atoms with Crippen molar-refractivity contribution in [1.29, 1.82) is 0 Å². The van der Waals surface area contributed by atoms with Crippen molar-refractivity contribution < 1.29 is 23.9 Å². The highest BCUT2D eigenvalue weighted by Crippen LogP contribution is 2.31. The first-order valence-electron chi connectivity index (χ1n) is 10.1. The predicted octanol–water partition coefficient (Wildman–Crippen LogP) is 1.76. The quantitative estimate of drug-likeness (QED) is 0.762. The summed E-state index contributed by atoms with van der Waals surface area (Å²) in [5.41, 5.74) is 1.35. The van der Waals surface area contributed by atoms with Crippen LogP contribution < -0.4 is 15.0 Å². The van der Waals surface area contributed by atoms with E-state index >= 15 is 0 Å². The van der Waals surface area contributed by atoms with E-state index in [4.69, 9.17) is 9.47 Å². The van der Waals surface area contributed by atoms with Crippen molar-refractivity contribution in [3.05, 3.63) is 60.2 Å². The highest BCUT2D eigenvalue weighted by atomic mass is 16.5. The van der Waals surface area contributed by atoms with Crippen molar-refractivity contribution in [2.45, 2.75) is 12.5 Å². The number of fused-ring (bicyclic) bond motifs is 1. The van der Waals surface area contributed by atoms with Gasteiger partial charge in [-0.1, -0.05) is 36.4 Å². The summed E-state index contributed by atoms with van der Waals surface area (Å²) in [5.74, 6) is -0.160. The number of hydrogen-bond donors (Lipinski definition) is 1. The number of benzene rings is 2. The fraction of sp³-hybridized carbons (Fsp3) is 0.348. The molecule has 0 bridgehead atoms. The Morgan fingerprint density at radius 3 is 2.52 bits per heavy atom. The van der Waals surface area contributed by atoms with Gasteiger partial charge >= 0.3 is 0 Å². The maximum absolute atomic E-state index is 13.0. The van der Waals surface area contributed by atoms with Crippen LogP contribution in [0, 0.1) is 0 Å². The Morgan fingerprint density at radius 2 is 1.81 bits per heavy atom. The molecule has 2 aromatic carbocycles. The van der Waals surface area contributed by atoms with Gasteiger partial charge in [0.05, 0.1) is 12.2 Å². The van der Waals surface area contributed by atoms with Crippen LogP contribution in [0.4, 0.5) is 5.69 Å². The van der Waals surface area contributed by atoms with Crippen LogP contribution in [-0.4, -0.2) is 63.0 Å². The van der Waals surface area contributed by atoms with Gasteiger partial charge in [0.1, 0.15) is 18.4 Å². The third-order valence-electron chi connectivity index (χ3n) is 5.18. The lowest BCUT2D eigenvalue weighted by molar-refractivity contribution is -0.135. The zero-order valence-corrected chi connectivity index (χ0v) is 17.7. The molecule has 1 aliphatic rings. The molecule has 8 nitrogen and oxygen atoms in total. The topological polar surface area (TPSA) is 88.2 Å². The number of rotatable bonds is 6. The molecule has 8 heteroatoms. The Morgan fingerprint density at radius 1 is 1.10 bits per heavy atom. The molecular formula is C23H27N3O5. The number of carbonyl (C=O) groups excluding carboxylic acids is 3. The molecule has 31 heavy (non-hydrogen) atoms. The van der Waals surface area contributed by atoms with E-state index in [9.17, 15) is 14.4 Å². The number of anilines is 1. The first kappa shape index (κ1) is 22.3. The van der Waals surface area contributed by atoms with Gasteiger partial charge in [0.15, 0.2) is 6.61 Å². The number of amides is 3. The summed E-state index contributed by atoms with van der Waals surface area (Å²) in [6.45, 7) is 0.228. The second kappa shape index (κ2) is 10.6. The number of carbonyl (C=O) groups is 3. The number of likely N-dealkylation sites (N-methyl/N-ethyl adjacent to an activating group) is 1. The van der Waals surface area contributed by atoms with Crippen LogP contribution in [-0.2, 0) is 19.1 Å². The Balaban J connectivity index is 1.84. The monoisotopic (exact) mass is 425 g/mol. The minimum absolute atomic E-state index is 0.0822. The van der Waals surface area contributed by atoms with E-state index in [0.717, 1.165) is 5.56 Å².